The Morgan fingerprint density at radius 1 is 0.391 bits per heavy atom. The van der Waals surface area contributed by atoms with Gasteiger partial charge in [-0.2, -0.15) is 0 Å². The Morgan fingerprint density at radius 2 is 0.696 bits per heavy atom. The van der Waals surface area contributed by atoms with Crippen LogP contribution in [0.25, 0.3) is 0 Å². The van der Waals surface area contributed by atoms with Crippen LogP contribution in [0.5, 0.6) is 0 Å². The molecule has 0 saturated carbocycles. The Labute approximate surface area is 149 Å². The molecular formula is C23H48. The highest BCUT2D eigenvalue weighted by Crippen LogP contribution is 2.21. The molecule has 23 heavy (non-hydrogen) atoms. The van der Waals surface area contributed by atoms with E-state index in [2.05, 4.69) is 20.8 Å². The van der Waals surface area contributed by atoms with Gasteiger partial charge in [-0.05, 0) is 5.92 Å². The van der Waals surface area contributed by atoms with Crippen LogP contribution in [0.15, 0.2) is 0 Å². The van der Waals surface area contributed by atoms with Gasteiger partial charge in [0.05, 0.1) is 0 Å². The largest absolute Gasteiger partial charge is 0.0654 e. The molecule has 0 aromatic rings. The molecule has 0 saturated heterocycles. The van der Waals surface area contributed by atoms with Crippen LogP contribution >= 0.6 is 0 Å². The van der Waals surface area contributed by atoms with E-state index in [-0.39, 0.29) is 0 Å². The Kier molecular flexibility index (Phi) is 20.0. The molecule has 0 bridgehead atoms. The number of hydrogen-bond acceptors (Lipinski definition) is 0. The Balaban J connectivity index is 3.24. The molecule has 140 valence electrons. The highest BCUT2D eigenvalue weighted by molar-refractivity contribution is 4.59. The van der Waals surface area contributed by atoms with Crippen molar-refractivity contribution in [2.24, 2.45) is 5.92 Å². The molecule has 0 rings (SSSR count). The van der Waals surface area contributed by atoms with Gasteiger partial charge in [-0.1, -0.05) is 143 Å². The van der Waals surface area contributed by atoms with E-state index in [1.807, 2.05) is 0 Å². The molecule has 0 heterocycles. The lowest BCUT2D eigenvalue weighted by molar-refractivity contribution is 0.393. The second kappa shape index (κ2) is 20.0. The van der Waals surface area contributed by atoms with Crippen molar-refractivity contribution in [2.75, 3.05) is 0 Å². The third-order valence-corrected chi connectivity index (χ3v) is 5.51. The van der Waals surface area contributed by atoms with E-state index in [4.69, 9.17) is 0 Å². The second-order valence-electron chi connectivity index (χ2n) is 7.80. The average Bonchev–Trinajstić information content (AvgIpc) is 2.57. The van der Waals surface area contributed by atoms with E-state index in [0.29, 0.717) is 0 Å². The van der Waals surface area contributed by atoms with Gasteiger partial charge in [-0.3, -0.25) is 0 Å². The van der Waals surface area contributed by atoms with Gasteiger partial charge >= 0.3 is 0 Å². The molecule has 0 aliphatic heterocycles. The highest BCUT2D eigenvalue weighted by atomic mass is 14.1. The van der Waals surface area contributed by atoms with Crippen LogP contribution in [0.4, 0.5) is 0 Å². The summed E-state index contributed by atoms with van der Waals surface area (Å²) in [5.41, 5.74) is 0. The maximum absolute atomic E-state index is 2.40. The monoisotopic (exact) mass is 324 g/mol. The Morgan fingerprint density at radius 3 is 1.00 bits per heavy atom. The van der Waals surface area contributed by atoms with Crippen LogP contribution in [0.1, 0.15) is 143 Å². The summed E-state index contributed by atoms with van der Waals surface area (Å²) in [6.45, 7) is 7.01. The minimum absolute atomic E-state index is 1.02. The molecule has 0 N–H and O–H groups in total. The standard InChI is InChI=1S/C23H48/c1-4-7-9-11-12-13-14-15-16-18-20-22-23(6-3)21-19-17-10-8-5-2/h23H,4-22H2,1-3H3. The maximum Gasteiger partial charge on any atom is -0.0417 e. The van der Waals surface area contributed by atoms with Crippen molar-refractivity contribution in [3.63, 3.8) is 0 Å². The van der Waals surface area contributed by atoms with Crippen LogP contribution in [0, 0.1) is 5.92 Å². The number of hydrogen-bond donors (Lipinski definition) is 0. The SMILES string of the molecule is CCCCCCCCCCCCCC(CC)CCCCCCC. The van der Waals surface area contributed by atoms with Gasteiger partial charge in [0.15, 0.2) is 0 Å². The van der Waals surface area contributed by atoms with Gasteiger partial charge in [0.25, 0.3) is 0 Å². The molecule has 0 fully saturated rings. The van der Waals surface area contributed by atoms with E-state index in [1.165, 1.54) is 122 Å². The fourth-order valence-electron chi connectivity index (χ4n) is 3.69. The first-order chi connectivity index (χ1) is 11.3. The summed E-state index contributed by atoms with van der Waals surface area (Å²) in [7, 11) is 0. The maximum atomic E-state index is 2.40. The van der Waals surface area contributed by atoms with Crippen molar-refractivity contribution in [2.45, 2.75) is 143 Å². The zero-order chi connectivity index (χ0) is 17.0. The Bertz CT molecular complexity index is 196. The number of rotatable bonds is 19. The predicted octanol–water partition coefficient (Wildman–Crippen LogP) is 9.07. The Hall–Kier alpha value is 0. The summed E-state index contributed by atoms with van der Waals surface area (Å²) >= 11 is 0. The van der Waals surface area contributed by atoms with Crippen LogP contribution in [0.2, 0.25) is 0 Å². The van der Waals surface area contributed by atoms with Crippen molar-refractivity contribution < 1.29 is 0 Å². The van der Waals surface area contributed by atoms with E-state index in [0.717, 1.165) is 5.92 Å². The van der Waals surface area contributed by atoms with Gasteiger partial charge in [-0.15, -0.1) is 0 Å². The molecule has 0 nitrogen and oxygen atoms in total. The van der Waals surface area contributed by atoms with Crippen molar-refractivity contribution in [3.8, 4) is 0 Å². The topological polar surface area (TPSA) is 0 Å². The normalized spacial score (nSPS) is 12.7. The molecule has 0 aromatic heterocycles. The van der Waals surface area contributed by atoms with Crippen LogP contribution in [-0.2, 0) is 0 Å². The van der Waals surface area contributed by atoms with Crippen molar-refractivity contribution in [1.29, 1.82) is 0 Å². The quantitative estimate of drug-likeness (QED) is 0.208. The summed E-state index contributed by atoms with van der Waals surface area (Å²) in [5.74, 6) is 1.02. The average molecular weight is 325 g/mol. The zero-order valence-electron chi connectivity index (χ0n) is 17.0. The van der Waals surface area contributed by atoms with Crippen molar-refractivity contribution >= 4 is 0 Å². The fraction of sp³-hybridized carbons (Fsp3) is 1.00. The summed E-state index contributed by atoms with van der Waals surface area (Å²) in [5, 5.41) is 0. The first kappa shape index (κ1) is 23.0. The first-order valence-corrected chi connectivity index (χ1v) is 11.3. The molecule has 0 aromatic carbocycles. The van der Waals surface area contributed by atoms with E-state index in [9.17, 15) is 0 Å². The van der Waals surface area contributed by atoms with Gasteiger partial charge in [-0.25, -0.2) is 0 Å². The molecular weight excluding hydrogens is 276 g/mol. The van der Waals surface area contributed by atoms with E-state index in [1.54, 1.807) is 0 Å². The lowest BCUT2D eigenvalue weighted by Gasteiger charge is -2.14. The van der Waals surface area contributed by atoms with Crippen LogP contribution in [0.3, 0.4) is 0 Å². The molecule has 0 aliphatic rings. The fourth-order valence-corrected chi connectivity index (χ4v) is 3.69. The minimum atomic E-state index is 1.02. The predicted molar refractivity (Wildman–Crippen MR) is 108 cm³/mol. The molecule has 0 spiro atoms. The third-order valence-electron chi connectivity index (χ3n) is 5.51. The van der Waals surface area contributed by atoms with Crippen LogP contribution in [-0.4, -0.2) is 0 Å². The lowest BCUT2D eigenvalue weighted by Crippen LogP contribution is -1.99. The molecule has 1 atom stereocenters. The summed E-state index contributed by atoms with van der Waals surface area (Å²) < 4.78 is 0. The van der Waals surface area contributed by atoms with Gasteiger partial charge in [0.1, 0.15) is 0 Å². The summed E-state index contributed by atoms with van der Waals surface area (Å²) in [6.07, 6.45) is 27.8. The lowest BCUT2D eigenvalue weighted by atomic mass is 9.92. The second-order valence-corrected chi connectivity index (χ2v) is 7.80. The third kappa shape index (κ3) is 18.2. The smallest absolute Gasteiger partial charge is 0.0417 e. The van der Waals surface area contributed by atoms with Crippen LogP contribution < -0.4 is 0 Å². The molecule has 0 amide bonds. The molecule has 0 aliphatic carbocycles. The molecule has 0 heteroatoms. The van der Waals surface area contributed by atoms with Gasteiger partial charge in [0.2, 0.25) is 0 Å². The van der Waals surface area contributed by atoms with E-state index >= 15 is 0 Å². The summed E-state index contributed by atoms with van der Waals surface area (Å²) in [6, 6.07) is 0. The van der Waals surface area contributed by atoms with Gasteiger partial charge < -0.3 is 0 Å². The van der Waals surface area contributed by atoms with E-state index < -0.39 is 0 Å². The molecule has 0 radical (unpaired) electrons. The van der Waals surface area contributed by atoms with Crippen molar-refractivity contribution in [3.05, 3.63) is 0 Å². The number of unbranched alkanes of at least 4 members (excludes halogenated alkanes) is 14. The zero-order valence-corrected chi connectivity index (χ0v) is 17.0. The minimum Gasteiger partial charge on any atom is -0.0654 e. The highest BCUT2D eigenvalue weighted by Gasteiger charge is 2.05. The van der Waals surface area contributed by atoms with Crippen molar-refractivity contribution in [1.82, 2.24) is 0 Å². The summed E-state index contributed by atoms with van der Waals surface area (Å²) in [4.78, 5) is 0. The molecule has 1 unspecified atom stereocenters. The van der Waals surface area contributed by atoms with Gasteiger partial charge in [0, 0.05) is 0 Å². The first-order valence-electron chi connectivity index (χ1n) is 11.3.